The van der Waals surface area contributed by atoms with Gasteiger partial charge in [-0.05, 0) is 48.9 Å². The monoisotopic (exact) mass is 496 g/mol. The van der Waals surface area contributed by atoms with Crippen LogP contribution in [-0.2, 0) is 31.7 Å². The number of carbonyl (C=O) groups is 3. The van der Waals surface area contributed by atoms with Crippen LogP contribution in [0, 0.1) is 0 Å². The van der Waals surface area contributed by atoms with Crippen LogP contribution in [0.2, 0.25) is 0 Å². The molecule has 1 aliphatic rings. The third-order valence-corrected chi connectivity index (χ3v) is 7.50. The topological polar surface area (TPSA) is 129 Å². The first-order valence-electron chi connectivity index (χ1n) is 10.7. The number of carbonyl (C=O) groups excluding carboxylic acids is 3. The summed E-state index contributed by atoms with van der Waals surface area (Å²) in [6, 6.07) is 17.3. The van der Waals surface area contributed by atoms with Gasteiger partial charge in [-0.15, -0.1) is 0 Å². The Hall–Kier alpha value is -3.96. The first-order chi connectivity index (χ1) is 16.6. The van der Waals surface area contributed by atoms with Gasteiger partial charge in [0, 0.05) is 19.3 Å². The lowest BCUT2D eigenvalue weighted by molar-refractivity contribution is -0.134. The van der Waals surface area contributed by atoms with E-state index in [0.717, 1.165) is 10.5 Å². The molecule has 4 rings (SSSR count). The van der Waals surface area contributed by atoms with Crippen molar-refractivity contribution in [3.05, 3.63) is 84.3 Å². The molecule has 1 aliphatic heterocycles. The largest absolute Gasteiger partial charge is 0.466 e. The van der Waals surface area contributed by atoms with Gasteiger partial charge in [-0.1, -0.05) is 30.3 Å². The number of furan rings is 1. The Kier molecular flexibility index (Phi) is 6.46. The van der Waals surface area contributed by atoms with Crippen molar-refractivity contribution in [2.45, 2.75) is 23.9 Å². The number of rotatable bonds is 8. The van der Waals surface area contributed by atoms with Gasteiger partial charge >= 0.3 is 6.03 Å². The third kappa shape index (κ3) is 4.81. The van der Waals surface area contributed by atoms with Gasteiger partial charge in [0.15, 0.2) is 5.54 Å². The highest BCUT2D eigenvalue weighted by Crippen LogP contribution is 2.29. The minimum Gasteiger partial charge on any atom is -0.466 e. The molecule has 0 spiro atoms. The number of imide groups is 1. The number of amides is 4. The van der Waals surface area contributed by atoms with Crippen LogP contribution in [0.1, 0.15) is 18.2 Å². The van der Waals surface area contributed by atoms with Crippen LogP contribution < -0.4 is 10.6 Å². The molecule has 2 heterocycles. The van der Waals surface area contributed by atoms with Crippen molar-refractivity contribution in [2.75, 3.05) is 18.9 Å². The fourth-order valence-corrected chi connectivity index (χ4v) is 4.89. The SMILES string of the molecule is CN(Cc1ccccc1)S(=O)(=O)c1ccc(NC(=O)CN2C(=O)N[C@](C)(c3ccco3)C2=O)cc1. The molecule has 11 heteroatoms. The second-order valence-corrected chi connectivity index (χ2v) is 10.3. The maximum absolute atomic E-state index is 12.9. The van der Waals surface area contributed by atoms with Crippen molar-refractivity contribution in [1.29, 1.82) is 0 Å². The van der Waals surface area contributed by atoms with E-state index in [0.29, 0.717) is 5.69 Å². The first-order valence-corrected chi connectivity index (χ1v) is 12.1. The molecule has 0 bridgehead atoms. The van der Waals surface area contributed by atoms with E-state index in [-0.39, 0.29) is 17.2 Å². The lowest BCUT2D eigenvalue weighted by Crippen LogP contribution is -2.41. The van der Waals surface area contributed by atoms with E-state index in [1.165, 1.54) is 48.8 Å². The van der Waals surface area contributed by atoms with Gasteiger partial charge in [0.2, 0.25) is 15.9 Å². The average Bonchev–Trinajstić information content (AvgIpc) is 3.45. The van der Waals surface area contributed by atoms with Gasteiger partial charge in [-0.2, -0.15) is 4.31 Å². The number of urea groups is 1. The lowest BCUT2D eigenvalue weighted by Gasteiger charge is -2.19. The van der Waals surface area contributed by atoms with Crippen molar-refractivity contribution >= 4 is 33.6 Å². The van der Waals surface area contributed by atoms with Gasteiger partial charge in [-0.3, -0.25) is 14.5 Å². The number of benzene rings is 2. The lowest BCUT2D eigenvalue weighted by atomic mass is 9.99. The maximum Gasteiger partial charge on any atom is 0.325 e. The van der Waals surface area contributed by atoms with Gasteiger partial charge in [0.05, 0.1) is 11.2 Å². The Morgan fingerprint density at radius 2 is 1.74 bits per heavy atom. The fourth-order valence-electron chi connectivity index (χ4n) is 3.73. The molecule has 3 aromatic rings. The highest BCUT2D eigenvalue weighted by atomic mass is 32.2. The maximum atomic E-state index is 12.9. The molecule has 0 radical (unpaired) electrons. The molecule has 10 nitrogen and oxygen atoms in total. The first kappa shape index (κ1) is 24.2. The molecule has 0 saturated carbocycles. The number of sulfonamides is 1. The Morgan fingerprint density at radius 1 is 1.06 bits per heavy atom. The molecule has 182 valence electrons. The molecule has 0 aliphatic carbocycles. The van der Waals surface area contributed by atoms with Crippen LogP contribution in [0.15, 0.2) is 82.3 Å². The van der Waals surface area contributed by atoms with Crippen molar-refractivity contribution in [3.63, 3.8) is 0 Å². The Labute approximate surface area is 202 Å². The minimum atomic E-state index is -3.74. The van der Waals surface area contributed by atoms with E-state index in [1.807, 2.05) is 30.3 Å². The number of nitrogens with zero attached hydrogens (tertiary/aromatic N) is 2. The number of hydrogen-bond donors (Lipinski definition) is 2. The summed E-state index contributed by atoms with van der Waals surface area (Å²) < 4.78 is 32.2. The summed E-state index contributed by atoms with van der Waals surface area (Å²) in [7, 11) is -2.25. The Bertz CT molecular complexity index is 1340. The van der Waals surface area contributed by atoms with Gasteiger partial charge in [0.1, 0.15) is 12.3 Å². The number of anilines is 1. The van der Waals surface area contributed by atoms with Crippen LogP contribution in [0.5, 0.6) is 0 Å². The summed E-state index contributed by atoms with van der Waals surface area (Å²) in [6.07, 6.45) is 1.39. The molecular weight excluding hydrogens is 472 g/mol. The molecule has 0 unspecified atom stereocenters. The van der Waals surface area contributed by atoms with E-state index < -0.39 is 40.0 Å². The molecule has 1 saturated heterocycles. The summed E-state index contributed by atoms with van der Waals surface area (Å²) in [6.45, 7) is 1.20. The summed E-state index contributed by atoms with van der Waals surface area (Å²) in [5, 5.41) is 5.12. The van der Waals surface area contributed by atoms with Gasteiger partial charge in [0.25, 0.3) is 5.91 Å². The number of nitrogens with one attached hydrogen (secondary N) is 2. The Balaban J connectivity index is 1.39. The van der Waals surface area contributed by atoms with E-state index in [4.69, 9.17) is 4.42 Å². The van der Waals surface area contributed by atoms with E-state index >= 15 is 0 Å². The smallest absolute Gasteiger partial charge is 0.325 e. The third-order valence-electron chi connectivity index (χ3n) is 5.68. The Morgan fingerprint density at radius 3 is 2.37 bits per heavy atom. The highest BCUT2D eigenvalue weighted by molar-refractivity contribution is 7.89. The highest BCUT2D eigenvalue weighted by Gasteiger charge is 2.51. The van der Waals surface area contributed by atoms with Crippen LogP contribution in [0.3, 0.4) is 0 Å². The quantitative estimate of drug-likeness (QED) is 0.461. The average molecular weight is 497 g/mol. The summed E-state index contributed by atoms with van der Waals surface area (Å²) in [5.74, 6) is -0.975. The van der Waals surface area contributed by atoms with Crippen molar-refractivity contribution < 1.29 is 27.2 Å². The van der Waals surface area contributed by atoms with Gasteiger partial charge < -0.3 is 15.1 Å². The molecule has 35 heavy (non-hydrogen) atoms. The predicted octanol–water partition coefficient (Wildman–Crippen LogP) is 2.51. The minimum absolute atomic E-state index is 0.0669. The van der Waals surface area contributed by atoms with Crippen molar-refractivity contribution in [3.8, 4) is 0 Å². The zero-order valence-electron chi connectivity index (χ0n) is 19.1. The van der Waals surface area contributed by atoms with Crippen LogP contribution in [0.4, 0.5) is 10.5 Å². The zero-order valence-corrected chi connectivity index (χ0v) is 19.9. The second kappa shape index (κ2) is 9.35. The van der Waals surface area contributed by atoms with Crippen molar-refractivity contribution in [1.82, 2.24) is 14.5 Å². The molecular formula is C24H24N4O6S. The standard InChI is InChI=1S/C24H24N4O6S/c1-24(20-9-6-14-34-20)22(30)28(23(31)26-24)16-21(29)25-18-10-12-19(13-11-18)35(32,33)27(2)15-17-7-4-3-5-8-17/h3-14H,15-16H2,1-2H3,(H,25,29)(H,26,31)/t24-/m1/s1. The molecule has 1 aromatic heterocycles. The molecule has 2 N–H and O–H groups in total. The zero-order chi connectivity index (χ0) is 25.2. The van der Waals surface area contributed by atoms with Crippen LogP contribution in [-0.4, -0.2) is 49.1 Å². The summed E-state index contributed by atoms with van der Waals surface area (Å²) in [5.41, 5.74) is -0.227. The van der Waals surface area contributed by atoms with E-state index in [9.17, 15) is 22.8 Å². The molecule has 4 amide bonds. The normalized spacial score (nSPS) is 18.1. The number of hydrogen-bond acceptors (Lipinski definition) is 6. The summed E-state index contributed by atoms with van der Waals surface area (Å²) in [4.78, 5) is 38.5. The molecule has 1 atom stereocenters. The molecule has 1 fully saturated rings. The van der Waals surface area contributed by atoms with Crippen LogP contribution >= 0.6 is 0 Å². The second-order valence-electron chi connectivity index (χ2n) is 8.24. The summed E-state index contributed by atoms with van der Waals surface area (Å²) >= 11 is 0. The predicted molar refractivity (Wildman–Crippen MR) is 126 cm³/mol. The van der Waals surface area contributed by atoms with E-state index in [1.54, 1.807) is 12.1 Å². The van der Waals surface area contributed by atoms with Crippen LogP contribution in [0.25, 0.3) is 0 Å². The molecule has 2 aromatic carbocycles. The van der Waals surface area contributed by atoms with Gasteiger partial charge in [-0.25, -0.2) is 13.2 Å². The fraction of sp³-hybridized carbons (Fsp3) is 0.208. The van der Waals surface area contributed by atoms with Crippen molar-refractivity contribution in [2.24, 2.45) is 0 Å². The van der Waals surface area contributed by atoms with E-state index in [2.05, 4.69) is 10.6 Å².